The molecule has 0 aliphatic rings. The Kier molecular flexibility index (Phi) is 5.11. The summed E-state index contributed by atoms with van der Waals surface area (Å²) in [7, 11) is 1.36. The van der Waals surface area contributed by atoms with Gasteiger partial charge in [0.1, 0.15) is 17.0 Å². The molecule has 0 radical (unpaired) electrons. The molecule has 9 heteroatoms. The number of Topliss-reactive ketones (excluding diaryl/α,β-unsaturated/α-hetero) is 1. The van der Waals surface area contributed by atoms with Crippen LogP contribution in [0.25, 0.3) is 22.3 Å². The first-order valence-electron chi connectivity index (χ1n) is 9.28. The molecule has 152 valence electrons. The van der Waals surface area contributed by atoms with E-state index >= 15 is 0 Å². The van der Waals surface area contributed by atoms with E-state index in [1.54, 1.807) is 24.5 Å². The molecule has 0 bridgehead atoms. The summed E-state index contributed by atoms with van der Waals surface area (Å²) in [6.45, 7) is 3.76. The number of fused-ring (bicyclic) bond motifs is 1. The van der Waals surface area contributed by atoms with Crippen LogP contribution in [0.3, 0.4) is 0 Å². The molecule has 4 rings (SSSR count). The molecule has 0 aliphatic carbocycles. The van der Waals surface area contributed by atoms with Crippen LogP contribution >= 0.6 is 0 Å². The SMILES string of the molecule is CONC(=O)c1cc(-c2cc3cc(CC(=O)c4n[nH]c(C)c4C)cnc3[nH]2)ccn1. The number of nitrogens with one attached hydrogen (secondary N) is 3. The number of pyridine rings is 2. The van der Waals surface area contributed by atoms with E-state index in [-0.39, 0.29) is 17.9 Å². The van der Waals surface area contributed by atoms with Gasteiger partial charge in [0, 0.05) is 46.7 Å². The predicted octanol–water partition coefficient (Wildman–Crippen LogP) is 2.68. The lowest BCUT2D eigenvalue weighted by molar-refractivity contribution is 0.0532. The van der Waals surface area contributed by atoms with Gasteiger partial charge in [-0.25, -0.2) is 10.5 Å². The zero-order chi connectivity index (χ0) is 21.3. The number of aromatic nitrogens is 5. The molecule has 0 unspecified atom stereocenters. The Balaban J connectivity index is 1.60. The first-order valence-corrected chi connectivity index (χ1v) is 9.28. The number of carbonyl (C=O) groups is 2. The van der Waals surface area contributed by atoms with Gasteiger partial charge in [0.05, 0.1) is 7.11 Å². The third-order valence-electron chi connectivity index (χ3n) is 4.91. The van der Waals surface area contributed by atoms with Crippen molar-refractivity contribution in [1.82, 2.24) is 30.6 Å². The van der Waals surface area contributed by atoms with Gasteiger partial charge in [0.25, 0.3) is 5.91 Å². The fraction of sp³-hybridized carbons (Fsp3) is 0.190. The molecule has 4 aromatic rings. The van der Waals surface area contributed by atoms with E-state index in [9.17, 15) is 9.59 Å². The molecular weight excluding hydrogens is 384 g/mol. The van der Waals surface area contributed by atoms with Gasteiger partial charge in [-0.05, 0) is 43.7 Å². The van der Waals surface area contributed by atoms with Crippen LogP contribution in [0.1, 0.15) is 37.8 Å². The summed E-state index contributed by atoms with van der Waals surface area (Å²) in [4.78, 5) is 40.9. The van der Waals surface area contributed by atoms with Crippen LogP contribution in [0.15, 0.2) is 36.7 Å². The van der Waals surface area contributed by atoms with Gasteiger partial charge in [0.2, 0.25) is 0 Å². The van der Waals surface area contributed by atoms with Crippen LogP contribution < -0.4 is 5.48 Å². The molecule has 0 aliphatic heterocycles. The molecule has 0 saturated carbocycles. The van der Waals surface area contributed by atoms with Crippen molar-refractivity contribution in [2.24, 2.45) is 0 Å². The number of nitrogens with zero attached hydrogens (tertiary/aromatic N) is 3. The fourth-order valence-electron chi connectivity index (χ4n) is 3.21. The monoisotopic (exact) mass is 404 g/mol. The zero-order valence-corrected chi connectivity index (χ0v) is 16.7. The van der Waals surface area contributed by atoms with Crippen LogP contribution in [-0.2, 0) is 11.3 Å². The summed E-state index contributed by atoms with van der Waals surface area (Å²) in [6.07, 6.45) is 3.45. The second kappa shape index (κ2) is 7.88. The molecule has 0 atom stereocenters. The van der Waals surface area contributed by atoms with Gasteiger partial charge in [-0.15, -0.1) is 0 Å². The molecule has 4 heterocycles. The highest BCUT2D eigenvalue weighted by Crippen LogP contribution is 2.24. The van der Waals surface area contributed by atoms with Crippen molar-refractivity contribution in [3.05, 3.63) is 64.9 Å². The van der Waals surface area contributed by atoms with Crippen molar-refractivity contribution in [3.63, 3.8) is 0 Å². The number of rotatable bonds is 6. The number of hydrogen-bond acceptors (Lipinski definition) is 6. The lowest BCUT2D eigenvalue weighted by Gasteiger charge is -2.03. The molecule has 1 amide bonds. The van der Waals surface area contributed by atoms with Gasteiger partial charge >= 0.3 is 0 Å². The molecule has 4 aromatic heterocycles. The summed E-state index contributed by atoms with van der Waals surface area (Å²) in [6, 6.07) is 7.30. The third kappa shape index (κ3) is 3.70. The van der Waals surface area contributed by atoms with Gasteiger partial charge in [-0.2, -0.15) is 5.10 Å². The summed E-state index contributed by atoms with van der Waals surface area (Å²) >= 11 is 0. The Labute approximate surface area is 171 Å². The first kappa shape index (κ1) is 19.5. The van der Waals surface area contributed by atoms with E-state index in [2.05, 4.69) is 35.5 Å². The maximum atomic E-state index is 12.6. The number of hydrogen-bond donors (Lipinski definition) is 3. The van der Waals surface area contributed by atoms with Crippen molar-refractivity contribution in [1.29, 1.82) is 0 Å². The van der Waals surface area contributed by atoms with E-state index in [1.165, 1.54) is 7.11 Å². The summed E-state index contributed by atoms with van der Waals surface area (Å²) < 4.78 is 0. The molecule has 0 saturated heterocycles. The normalized spacial score (nSPS) is 11.0. The van der Waals surface area contributed by atoms with E-state index in [0.29, 0.717) is 11.3 Å². The molecule has 0 spiro atoms. The minimum absolute atomic E-state index is 0.0586. The van der Waals surface area contributed by atoms with Crippen LogP contribution in [0.5, 0.6) is 0 Å². The van der Waals surface area contributed by atoms with Gasteiger partial charge in [0.15, 0.2) is 5.78 Å². The van der Waals surface area contributed by atoms with E-state index in [0.717, 1.165) is 33.5 Å². The number of amides is 1. The number of aromatic amines is 2. The predicted molar refractivity (Wildman–Crippen MR) is 110 cm³/mol. The summed E-state index contributed by atoms with van der Waals surface area (Å²) in [5.41, 5.74) is 7.75. The van der Waals surface area contributed by atoms with Gasteiger partial charge in [-0.3, -0.25) is 24.5 Å². The van der Waals surface area contributed by atoms with Crippen LogP contribution in [0.2, 0.25) is 0 Å². The highest BCUT2D eigenvalue weighted by molar-refractivity contribution is 5.97. The highest BCUT2D eigenvalue weighted by atomic mass is 16.6. The maximum absolute atomic E-state index is 12.6. The molecule has 0 fully saturated rings. The zero-order valence-electron chi connectivity index (χ0n) is 16.7. The fourth-order valence-corrected chi connectivity index (χ4v) is 3.21. The second-order valence-corrected chi connectivity index (χ2v) is 6.95. The smallest absolute Gasteiger partial charge is 0.293 e. The summed E-state index contributed by atoms with van der Waals surface area (Å²) in [5.74, 6) is -0.491. The molecule has 9 nitrogen and oxygen atoms in total. The van der Waals surface area contributed by atoms with Gasteiger partial charge in [-0.1, -0.05) is 0 Å². The van der Waals surface area contributed by atoms with Gasteiger partial charge < -0.3 is 4.98 Å². The standard InChI is InChI=1S/C21H20N6O3/c1-11-12(2)25-26-19(11)18(28)7-13-6-15-9-16(24-20(15)23-10-13)14-4-5-22-17(8-14)21(29)27-30-3/h4-6,8-10H,7H2,1-3H3,(H,23,24)(H,25,26)(H,27,29). The van der Waals surface area contributed by atoms with Crippen molar-refractivity contribution < 1.29 is 14.4 Å². The van der Waals surface area contributed by atoms with Crippen LogP contribution in [0, 0.1) is 13.8 Å². The third-order valence-corrected chi connectivity index (χ3v) is 4.91. The Bertz CT molecular complexity index is 1260. The first-order chi connectivity index (χ1) is 14.5. The Morgan fingerprint density at radius 1 is 1.17 bits per heavy atom. The second-order valence-electron chi connectivity index (χ2n) is 6.95. The Morgan fingerprint density at radius 2 is 2.00 bits per heavy atom. The van der Waals surface area contributed by atoms with Crippen LogP contribution in [0.4, 0.5) is 0 Å². The minimum Gasteiger partial charge on any atom is -0.339 e. The van der Waals surface area contributed by atoms with Crippen molar-refractivity contribution in [2.75, 3.05) is 7.11 Å². The number of aryl methyl sites for hydroxylation is 1. The average molecular weight is 404 g/mol. The topological polar surface area (TPSA) is 126 Å². The van der Waals surface area contributed by atoms with E-state index in [1.807, 2.05) is 26.0 Å². The van der Waals surface area contributed by atoms with Crippen molar-refractivity contribution >= 4 is 22.7 Å². The highest BCUT2D eigenvalue weighted by Gasteiger charge is 2.16. The summed E-state index contributed by atoms with van der Waals surface area (Å²) in [5, 5.41) is 7.81. The molecular formula is C21H20N6O3. The molecule has 3 N–H and O–H groups in total. The quantitative estimate of drug-likeness (QED) is 0.335. The largest absolute Gasteiger partial charge is 0.339 e. The number of H-pyrrole nitrogens is 2. The average Bonchev–Trinajstić information content (AvgIpc) is 3.31. The van der Waals surface area contributed by atoms with E-state index in [4.69, 9.17) is 0 Å². The number of hydroxylamine groups is 1. The Morgan fingerprint density at radius 3 is 2.73 bits per heavy atom. The molecule has 0 aromatic carbocycles. The molecule has 30 heavy (non-hydrogen) atoms. The van der Waals surface area contributed by atoms with Crippen molar-refractivity contribution in [2.45, 2.75) is 20.3 Å². The lowest BCUT2D eigenvalue weighted by atomic mass is 10.0. The van der Waals surface area contributed by atoms with E-state index < -0.39 is 5.91 Å². The maximum Gasteiger partial charge on any atom is 0.293 e. The number of carbonyl (C=O) groups excluding carboxylic acids is 2. The van der Waals surface area contributed by atoms with Crippen molar-refractivity contribution in [3.8, 4) is 11.3 Å². The lowest BCUT2D eigenvalue weighted by Crippen LogP contribution is -2.22. The van der Waals surface area contributed by atoms with Crippen LogP contribution in [-0.4, -0.2) is 43.9 Å². The Hall–Kier alpha value is -3.85. The minimum atomic E-state index is -0.432. The number of ketones is 1.